The molecule has 0 radical (unpaired) electrons. The molecule has 2 rings (SSSR count). The van der Waals surface area contributed by atoms with Crippen molar-refractivity contribution in [2.24, 2.45) is 11.8 Å². The maximum Gasteiger partial charge on any atom is 0.314 e. The van der Waals surface area contributed by atoms with Gasteiger partial charge in [0, 0.05) is 12.3 Å². The minimum absolute atomic E-state index is 0.00799. The lowest BCUT2D eigenvalue weighted by atomic mass is 9.90. The van der Waals surface area contributed by atoms with Crippen molar-refractivity contribution in [2.45, 2.75) is 25.6 Å². The molecule has 0 amide bonds. The molecule has 0 aromatic rings. The Morgan fingerprint density at radius 3 is 2.44 bits per heavy atom. The highest BCUT2D eigenvalue weighted by atomic mass is 16.7. The third-order valence-electron chi connectivity index (χ3n) is 3.43. The van der Waals surface area contributed by atoms with E-state index in [9.17, 15) is 9.59 Å². The van der Waals surface area contributed by atoms with Crippen molar-refractivity contribution in [1.82, 2.24) is 0 Å². The van der Waals surface area contributed by atoms with Gasteiger partial charge in [0.05, 0.1) is 20.3 Å². The largest absolute Gasteiger partial charge is 0.469 e. The lowest BCUT2D eigenvalue weighted by molar-refractivity contribution is -0.202. The third-order valence-corrected chi connectivity index (χ3v) is 3.43. The molecule has 0 bridgehead atoms. The van der Waals surface area contributed by atoms with Crippen LogP contribution in [0.3, 0.4) is 0 Å². The van der Waals surface area contributed by atoms with Crippen LogP contribution in [-0.4, -0.2) is 37.9 Å². The number of hydrogen-bond acceptors (Lipinski definition) is 5. The summed E-state index contributed by atoms with van der Waals surface area (Å²) in [7, 11) is 1.32. The first-order valence-corrected chi connectivity index (χ1v) is 5.47. The van der Waals surface area contributed by atoms with Gasteiger partial charge in [-0.05, 0) is 13.3 Å². The Bertz CT molecular complexity index is 305. The summed E-state index contributed by atoms with van der Waals surface area (Å²) < 4.78 is 15.8. The monoisotopic (exact) mass is 228 g/mol. The summed E-state index contributed by atoms with van der Waals surface area (Å²) in [6.07, 6.45) is 1.20. The molecule has 0 aromatic carbocycles. The highest BCUT2D eigenvalue weighted by Gasteiger charge is 2.58. The van der Waals surface area contributed by atoms with Crippen LogP contribution in [0.25, 0.3) is 0 Å². The van der Waals surface area contributed by atoms with E-state index in [1.165, 1.54) is 14.0 Å². The zero-order valence-electron chi connectivity index (χ0n) is 9.52. The number of carbonyl (C=O) groups excluding carboxylic acids is 2. The van der Waals surface area contributed by atoms with Crippen LogP contribution in [-0.2, 0) is 23.8 Å². The second-order valence-electron chi connectivity index (χ2n) is 4.27. The van der Waals surface area contributed by atoms with Gasteiger partial charge in [0.1, 0.15) is 11.7 Å². The van der Waals surface area contributed by atoms with Crippen LogP contribution in [0.15, 0.2) is 0 Å². The van der Waals surface area contributed by atoms with Crippen LogP contribution in [0.5, 0.6) is 0 Å². The summed E-state index contributed by atoms with van der Waals surface area (Å²) in [6.45, 7) is 2.44. The quantitative estimate of drug-likeness (QED) is 0.645. The van der Waals surface area contributed by atoms with Crippen LogP contribution in [0, 0.1) is 11.8 Å². The Morgan fingerprint density at radius 1 is 1.31 bits per heavy atom. The fraction of sp³-hybridized carbons (Fsp3) is 0.818. The van der Waals surface area contributed by atoms with Gasteiger partial charge in [0.15, 0.2) is 5.79 Å². The van der Waals surface area contributed by atoms with Gasteiger partial charge in [-0.3, -0.25) is 9.59 Å². The number of methoxy groups -OCH3 is 1. The molecule has 5 heteroatoms. The van der Waals surface area contributed by atoms with Crippen molar-refractivity contribution in [3.05, 3.63) is 0 Å². The molecule has 16 heavy (non-hydrogen) atoms. The van der Waals surface area contributed by atoms with Gasteiger partial charge in [0.2, 0.25) is 0 Å². The van der Waals surface area contributed by atoms with E-state index < -0.39 is 17.7 Å². The van der Waals surface area contributed by atoms with E-state index in [0.29, 0.717) is 26.1 Å². The Hall–Kier alpha value is -0.940. The fourth-order valence-electron chi connectivity index (χ4n) is 2.69. The van der Waals surface area contributed by atoms with E-state index in [4.69, 9.17) is 14.2 Å². The highest BCUT2D eigenvalue weighted by Crippen LogP contribution is 2.46. The summed E-state index contributed by atoms with van der Waals surface area (Å²) >= 11 is 0. The third kappa shape index (κ3) is 1.64. The molecule has 0 N–H and O–H groups in total. The summed E-state index contributed by atoms with van der Waals surface area (Å²) in [5, 5.41) is 0. The molecule has 2 aliphatic rings. The molecule has 1 saturated carbocycles. The zero-order valence-corrected chi connectivity index (χ0v) is 9.52. The molecule has 2 unspecified atom stereocenters. The zero-order chi connectivity index (χ0) is 11.8. The maximum atomic E-state index is 11.8. The topological polar surface area (TPSA) is 61.8 Å². The molecule has 2 fully saturated rings. The van der Waals surface area contributed by atoms with Gasteiger partial charge in [-0.25, -0.2) is 0 Å². The number of rotatable bonds is 2. The number of Topliss-reactive ketones (excluding diaryl/α,β-unsaturated/α-hetero) is 1. The van der Waals surface area contributed by atoms with E-state index in [0.717, 1.165) is 0 Å². The van der Waals surface area contributed by atoms with Crippen LogP contribution >= 0.6 is 0 Å². The molecule has 1 spiro atoms. The number of hydrogen-bond donors (Lipinski definition) is 0. The van der Waals surface area contributed by atoms with E-state index in [2.05, 4.69) is 0 Å². The van der Waals surface area contributed by atoms with Crippen LogP contribution in [0.1, 0.15) is 19.8 Å². The Morgan fingerprint density at radius 2 is 1.94 bits per heavy atom. The Balaban J connectivity index is 2.27. The fourth-order valence-corrected chi connectivity index (χ4v) is 2.69. The molecular formula is C11H16O5. The number of ether oxygens (including phenoxy) is 3. The second-order valence-corrected chi connectivity index (χ2v) is 4.27. The van der Waals surface area contributed by atoms with Crippen molar-refractivity contribution in [1.29, 1.82) is 0 Å². The minimum Gasteiger partial charge on any atom is -0.469 e. The number of esters is 1. The molecule has 2 atom stereocenters. The van der Waals surface area contributed by atoms with Crippen LogP contribution < -0.4 is 0 Å². The van der Waals surface area contributed by atoms with Crippen LogP contribution in [0.4, 0.5) is 0 Å². The summed E-state index contributed by atoms with van der Waals surface area (Å²) in [5.41, 5.74) is 0. The van der Waals surface area contributed by atoms with E-state index in [1.54, 1.807) is 0 Å². The average Bonchev–Trinajstić information content (AvgIpc) is 2.86. The summed E-state index contributed by atoms with van der Waals surface area (Å²) in [6, 6.07) is 0. The molecule has 1 saturated heterocycles. The lowest BCUT2D eigenvalue weighted by Crippen LogP contribution is -2.43. The number of ketones is 1. The molecule has 1 aliphatic carbocycles. The normalized spacial score (nSPS) is 31.9. The van der Waals surface area contributed by atoms with Gasteiger partial charge in [0.25, 0.3) is 0 Å². The van der Waals surface area contributed by atoms with E-state index in [1.807, 2.05) is 0 Å². The maximum absolute atomic E-state index is 11.8. The molecule has 1 aliphatic heterocycles. The van der Waals surface area contributed by atoms with Crippen molar-refractivity contribution < 1.29 is 23.8 Å². The summed E-state index contributed by atoms with van der Waals surface area (Å²) in [5.74, 6) is -2.29. The van der Waals surface area contributed by atoms with E-state index in [-0.39, 0.29) is 11.7 Å². The van der Waals surface area contributed by atoms with Gasteiger partial charge in [-0.2, -0.15) is 0 Å². The predicted octanol–water partition coefficient (Wildman–Crippen LogP) is 0.518. The molecule has 90 valence electrons. The van der Waals surface area contributed by atoms with Crippen LogP contribution in [0.2, 0.25) is 0 Å². The minimum atomic E-state index is -0.913. The Kier molecular flexibility index (Phi) is 2.99. The molecule has 5 nitrogen and oxygen atoms in total. The first-order chi connectivity index (χ1) is 7.60. The van der Waals surface area contributed by atoms with Gasteiger partial charge in [-0.15, -0.1) is 0 Å². The molecular weight excluding hydrogens is 212 g/mol. The van der Waals surface area contributed by atoms with Gasteiger partial charge >= 0.3 is 5.97 Å². The predicted molar refractivity (Wildman–Crippen MR) is 53.5 cm³/mol. The standard InChI is InChI=1S/C11H16O5/c1-7(12)8-3-4-11(15-5-6-16-11)9(8)10(13)14-2/h8-9H,3-6H2,1-2H3. The average molecular weight is 228 g/mol. The smallest absolute Gasteiger partial charge is 0.314 e. The lowest BCUT2D eigenvalue weighted by Gasteiger charge is -2.29. The second kappa shape index (κ2) is 4.14. The Labute approximate surface area is 94.0 Å². The highest BCUT2D eigenvalue weighted by molar-refractivity contribution is 5.86. The molecule has 0 aromatic heterocycles. The first-order valence-electron chi connectivity index (χ1n) is 5.47. The number of carbonyl (C=O) groups is 2. The van der Waals surface area contributed by atoms with E-state index >= 15 is 0 Å². The molecule has 1 heterocycles. The van der Waals surface area contributed by atoms with Crippen molar-refractivity contribution in [3.8, 4) is 0 Å². The van der Waals surface area contributed by atoms with Crippen molar-refractivity contribution in [2.75, 3.05) is 20.3 Å². The van der Waals surface area contributed by atoms with Crippen molar-refractivity contribution in [3.63, 3.8) is 0 Å². The van der Waals surface area contributed by atoms with Gasteiger partial charge in [-0.1, -0.05) is 0 Å². The summed E-state index contributed by atoms with van der Waals surface area (Å²) in [4.78, 5) is 23.3. The SMILES string of the molecule is COC(=O)C1C(C(C)=O)CCC12OCCO2. The first kappa shape index (κ1) is 11.5. The van der Waals surface area contributed by atoms with Gasteiger partial charge < -0.3 is 14.2 Å². The van der Waals surface area contributed by atoms with Crippen molar-refractivity contribution >= 4 is 11.8 Å².